The van der Waals surface area contributed by atoms with E-state index >= 15 is 0 Å². The van der Waals surface area contributed by atoms with Crippen molar-refractivity contribution in [3.8, 4) is 0 Å². The van der Waals surface area contributed by atoms with Crippen LogP contribution in [0.25, 0.3) is 0 Å². The summed E-state index contributed by atoms with van der Waals surface area (Å²) in [6.07, 6.45) is 4.43. The molecule has 2 heterocycles. The molecular formula is C15H21N3O4S. The van der Waals surface area contributed by atoms with E-state index < -0.39 is 6.10 Å². The number of carbonyl (C=O) groups is 2. The summed E-state index contributed by atoms with van der Waals surface area (Å²) in [7, 11) is 0. The Balaban J connectivity index is 1.47. The fourth-order valence-electron chi connectivity index (χ4n) is 2.76. The number of aliphatic hydroxyl groups is 1. The second-order valence-electron chi connectivity index (χ2n) is 6.04. The summed E-state index contributed by atoms with van der Waals surface area (Å²) in [6.45, 7) is -0.166. The third-order valence-corrected chi connectivity index (χ3v) is 4.85. The Hall–Kier alpha value is -1.51. The molecule has 8 heteroatoms. The monoisotopic (exact) mass is 339 g/mol. The van der Waals surface area contributed by atoms with Crippen LogP contribution in [0, 0.1) is 5.92 Å². The molecule has 2 aliphatic rings. The molecule has 3 N–H and O–H groups in total. The highest BCUT2D eigenvalue weighted by atomic mass is 32.1. The van der Waals surface area contributed by atoms with Crippen LogP contribution in [-0.2, 0) is 14.3 Å². The summed E-state index contributed by atoms with van der Waals surface area (Å²) in [4.78, 5) is 27.8. The molecule has 1 saturated heterocycles. The van der Waals surface area contributed by atoms with Crippen LogP contribution >= 0.6 is 11.3 Å². The van der Waals surface area contributed by atoms with Crippen molar-refractivity contribution in [3.63, 3.8) is 0 Å². The lowest BCUT2D eigenvalue weighted by atomic mass is 9.96. The highest BCUT2D eigenvalue weighted by Gasteiger charge is 2.36. The van der Waals surface area contributed by atoms with E-state index in [1.807, 2.05) is 0 Å². The molecule has 2 fully saturated rings. The highest BCUT2D eigenvalue weighted by Crippen LogP contribution is 2.30. The average Bonchev–Trinajstić information content (AvgIpc) is 3.27. The van der Waals surface area contributed by atoms with Crippen LogP contribution in [0.4, 0.5) is 5.13 Å². The maximum absolute atomic E-state index is 12.0. The number of rotatable bonds is 6. The van der Waals surface area contributed by atoms with E-state index in [4.69, 9.17) is 4.74 Å². The van der Waals surface area contributed by atoms with E-state index in [2.05, 4.69) is 15.6 Å². The van der Waals surface area contributed by atoms with Gasteiger partial charge in [-0.1, -0.05) is 0 Å². The summed E-state index contributed by atoms with van der Waals surface area (Å²) in [5.74, 6) is 0.0373. The van der Waals surface area contributed by atoms with Gasteiger partial charge in [-0.3, -0.25) is 9.59 Å². The first kappa shape index (κ1) is 16.4. The molecule has 0 radical (unpaired) electrons. The third-order valence-electron chi connectivity index (χ3n) is 4.16. The number of nitrogens with one attached hydrogen (secondary N) is 2. The molecule has 3 rings (SSSR count). The maximum atomic E-state index is 12.0. The Bertz CT molecular complexity index is 547. The Morgan fingerprint density at radius 1 is 1.35 bits per heavy atom. The van der Waals surface area contributed by atoms with Gasteiger partial charge in [0.2, 0.25) is 11.8 Å². The van der Waals surface area contributed by atoms with E-state index in [-0.39, 0.29) is 42.9 Å². The first-order chi connectivity index (χ1) is 11.2. The topological polar surface area (TPSA) is 101 Å². The van der Waals surface area contributed by atoms with Gasteiger partial charge in [-0.05, 0) is 25.7 Å². The molecule has 7 nitrogen and oxygen atoms in total. The smallest absolute Gasteiger partial charge is 0.228 e. The number of ether oxygens (including phenoxy) is 1. The standard InChI is InChI=1S/C15H21N3O4S/c19-8-12-11(17-14(21)9-1-2-9)4-3-10(22-12)7-13(20)18-15-16-5-6-23-15/h5-6,9-12,19H,1-4,7-8H2,(H,17,21)(H,16,18,20)/t10-,11+,12-/m0/s1. The first-order valence-electron chi connectivity index (χ1n) is 7.91. The summed E-state index contributed by atoms with van der Waals surface area (Å²) in [5, 5.41) is 17.5. The van der Waals surface area contributed by atoms with Gasteiger partial charge in [0, 0.05) is 17.5 Å². The Kier molecular flexibility index (Phi) is 5.24. The lowest BCUT2D eigenvalue weighted by Gasteiger charge is -2.36. The lowest BCUT2D eigenvalue weighted by Crippen LogP contribution is -2.51. The van der Waals surface area contributed by atoms with E-state index in [1.54, 1.807) is 11.6 Å². The van der Waals surface area contributed by atoms with Crippen LogP contribution in [0.5, 0.6) is 0 Å². The van der Waals surface area contributed by atoms with Crippen LogP contribution in [0.15, 0.2) is 11.6 Å². The summed E-state index contributed by atoms with van der Waals surface area (Å²) in [6, 6.07) is -0.175. The summed E-state index contributed by atoms with van der Waals surface area (Å²) < 4.78 is 5.80. The zero-order chi connectivity index (χ0) is 16.2. The molecule has 3 atom stereocenters. The number of hydrogen-bond donors (Lipinski definition) is 3. The van der Waals surface area contributed by atoms with Crippen LogP contribution in [0.1, 0.15) is 32.1 Å². The maximum Gasteiger partial charge on any atom is 0.228 e. The molecule has 0 unspecified atom stereocenters. The van der Waals surface area contributed by atoms with Crippen LogP contribution in [-0.4, -0.2) is 46.8 Å². The number of hydrogen-bond acceptors (Lipinski definition) is 6. The molecule has 2 amide bonds. The van der Waals surface area contributed by atoms with Crippen LogP contribution in [0.2, 0.25) is 0 Å². The van der Waals surface area contributed by atoms with Crippen molar-refractivity contribution in [3.05, 3.63) is 11.6 Å². The molecule has 1 saturated carbocycles. The molecule has 1 aromatic rings. The lowest BCUT2D eigenvalue weighted by molar-refractivity contribution is -0.134. The second kappa shape index (κ2) is 7.37. The minimum Gasteiger partial charge on any atom is -0.394 e. The fourth-order valence-corrected chi connectivity index (χ4v) is 3.30. The van der Waals surface area contributed by atoms with Crippen molar-refractivity contribution < 1.29 is 19.4 Å². The Morgan fingerprint density at radius 3 is 2.83 bits per heavy atom. The van der Waals surface area contributed by atoms with Gasteiger partial charge in [0.1, 0.15) is 6.10 Å². The Labute approximate surface area is 138 Å². The number of amides is 2. The van der Waals surface area contributed by atoms with Gasteiger partial charge in [0.15, 0.2) is 5.13 Å². The quantitative estimate of drug-likeness (QED) is 0.715. The predicted molar refractivity (Wildman–Crippen MR) is 85.0 cm³/mol. The normalized spacial score (nSPS) is 27.4. The molecule has 0 aromatic carbocycles. The number of carbonyl (C=O) groups excluding carboxylic acids is 2. The molecule has 0 bridgehead atoms. The fraction of sp³-hybridized carbons (Fsp3) is 0.667. The van der Waals surface area contributed by atoms with Gasteiger partial charge >= 0.3 is 0 Å². The van der Waals surface area contributed by atoms with Gasteiger partial charge in [-0.2, -0.15) is 0 Å². The largest absolute Gasteiger partial charge is 0.394 e. The second-order valence-corrected chi connectivity index (χ2v) is 6.93. The first-order valence-corrected chi connectivity index (χ1v) is 8.79. The zero-order valence-corrected chi connectivity index (χ0v) is 13.6. The molecule has 0 spiro atoms. The van der Waals surface area contributed by atoms with Gasteiger partial charge < -0.3 is 20.5 Å². The van der Waals surface area contributed by atoms with E-state index in [1.165, 1.54) is 11.3 Å². The van der Waals surface area contributed by atoms with Crippen molar-refractivity contribution in [1.82, 2.24) is 10.3 Å². The van der Waals surface area contributed by atoms with Crippen molar-refractivity contribution in [1.29, 1.82) is 0 Å². The summed E-state index contributed by atoms with van der Waals surface area (Å²) >= 11 is 1.36. The highest BCUT2D eigenvalue weighted by molar-refractivity contribution is 7.13. The Morgan fingerprint density at radius 2 is 2.17 bits per heavy atom. The number of aromatic nitrogens is 1. The molecule has 1 aromatic heterocycles. The van der Waals surface area contributed by atoms with E-state index in [0.29, 0.717) is 18.0 Å². The van der Waals surface area contributed by atoms with Crippen LogP contribution < -0.4 is 10.6 Å². The number of nitrogens with zero attached hydrogens (tertiary/aromatic N) is 1. The van der Waals surface area contributed by atoms with Gasteiger partial charge in [-0.25, -0.2) is 4.98 Å². The van der Waals surface area contributed by atoms with E-state index in [9.17, 15) is 14.7 Å². The zero-order valence-electron chi connectivity index (χ0n) is 12.7. The number of thiazole rings is 1. The minimum absolute atomic E-state index is 0.0528. The SMILES string of the molecule is O=C(C[C@@H]1CC[C@@H](NC(=O)C2CC2)[C@H](CO)O1)Nc1nccs1. The summed E-state index contributed by atoms with van der Waals surface area (Å²) in [5.41, 5.74) is 0. The van der Waals surface area contributed by atoms with Gasteiger partial charge in [-0.15, -0.1) is 11.3 Å². The van der Waals surface area contributed by atoms with Gasteiger partial charge in [0.05, 0.1) is 25.2 Å². The number of aliphatic hydroxyl groups excluding tert-OH is 1. The van der Waals surface area contributed by atoms with Gasteiger partial charge in [0.25, 0.3) is 0 Å². The minimum atomic E-state index is -0.455. The molecule has 126 valence electrons. The predicted octanol–water partition coefficient (Wildman–Crippen LogP) is 0.906. The van der Waals surface area contributed by atoms with Crippen molar-refractivity contribution in [2.45, 2.75) is 50.4 Å². The molecule has 1 aliphatic heterocycles. The average molecular weight is 339 g/mol. The van der Waals surface area contributed by atoms with Crippen molar-refractivity contribution >= 4 is 28.3 Å². The van der Waals surface area contributed by atoms with E-state index in [0.717, 1.165) is 12.8 Å². The van der Waals surface area contributed by atoms with Crippen molar-refractivity contribution in [2.75, 3.05) is 11.9 Å². The number of anilines is 1. The third kappa shape index (κ3) is 4.49. The van der Waals surface area contributed by atoms with Crippen LogP contribution in [0.3, 0.4) is 0 Å². The molecular weight excluding hydrogens is 318 g/mol. The van der Waals surface area contributed by atoms with Crippen molar-refractivity contribution in [2.24, 2.45) is 5.92 Å². The molecule has 23 heavy (non-hydrogen) atoms. The molecule has 1 aliphatic carbocycles.